The fraction of sp³-hybridized carbons (Fsp3) is 0.160. The van der Waals surface area contributed by atoms with Crippen molar-refractivity contribution in [1.29, 1.82) is 5.26 Å². The molecule has 6 nitrogen and oxygen atoms in total. The second-order valence-electron chi connectivity index (χ2n) is 7.13. The highest BCUT2D eigenvalue weighted by Gasteiger charge is 2.18. The van der Waals surface area contributed by atoms with Crippen LogP contribution in [-0.4, -0.2) is 11.1 Å². The normalized spacial score (nSPS) is 10.6. The van der Waals surface area contributed by atoms with Crippen LogP contribution in [0, 0.1) is 25.2 Å². The van der Waals surface area contributed by atoms with E-state index in [1.54, 1.807) is 30.3 Å². The first-order valence-corrected chi connectivity index (χ1v) is 9.79. The van der Waals surface area contributed by atoms with Gasteiger partial charge in [-0.15, -0.1) is 0 Å². The number of hydrogen-bond acceptors (Lipinski definition) is 6. The maximum atomic E-state index is 13.0. The van der Waals surface area contributed by atoms with Crippen molar-refractivity contribution in [3.63, 3.8) is 0 Å². The molecule has 0 amide bonds. The average molecular weight is 412 g/mol. The summed E-state index contributed by atoms with van der Waals surface area (Å²) in [7, 11) is 0. The van der Waals surface area contributed by atoms with E-state index >= 15 is 0 Å². The highest BCUT2D eigenvalue weighted by atomic mass is 16.5. The second-order valence-corrected chi connectivity index (χ2v) is 7.13. The van der Waals surface area contributed by atoms with Crippen molar-refractivity contribution in [3.05, 3.63) is 94.4 Å². The zero-order chi connectivity index (χ0) is 21.8. The van der Waals surface area contributed by atoms with E-state index in [0.29, 0.717) is 28.2 Å². The van der Waals surface area contributed by atoms with E-state index < -0.39 is 5.97 Å². The standard InChI is InChI=1S/C25H20N2O4/c1-16-23(17(2)31-27-16)15-29-24-12-19-8-4-3-7-18(19)11-22(24)25(28)30-14-21-10-6-5-9-20(21)13-26/h3-12H,14-15H2,1-2H3. The summed E-state index contributed by atoms with van der Waals surface area (Å²) in [6, 6.07) is 20.4. The molecule has 0 aliphatic heterocycles. The Kier molecular flexibility index (Phi) is 5.67. The minimum atomic E-state index is -0.521. The Morgan fingerprint density at radius 3 is 2.45 bits per heavy atom. The third kappa shape index (κ3) is 4.26. The lowest BCUT2D eigenvalue weighted by Crippen LogP contribution is -2.09. The van der Waals surface area contributed by atoms with Crippen molar-refractivity contribution in [2.24, 2.45) is 0 Å². The van der Waals surface area contributed by atoms with Gasteiger partial charge in [0.25, 0.3) is 0 Å². The van der Waals surface area contributed by atoms with Crippen LogP contribution in [0.5, 0.6) is 5.75 Å². The number of esters is 1. The molecule has 1 aromatic heterocycles. The van der Waals surface area contributed by atoms with Crippen LogP contribution in [0.15, 0.2) is 65.2 Å². The van der Waals surface area contributed by atoms with Gasteiger partial charge in [0, 0.05) is 5.56 Å². The fourth-order valence-electron chi connectivity index (χ4n) is 3.33. The third-order valence-electron chi connectivity index (χ3n) is 5.12. The van der Waals surface area contributed by atoms with E-state index in [2.05, 4.69) is 11.2 Å². The Morgan fingerprint density at radius 1 is 1.03 bits per heavy atom. The summed E-state index contributed by atoms with van der Waals surface area (Å²) in [6.07, 6.45) is 0. The molecule has 0 saturated carbocycles. The van der Waals surface area contributed by atoms with E-state index in [4.69, 9.17) is 14.0 Å². The van der Waals surface area contributed by atoms with Crippen molar-refractivity contribution in [1.82, 2.24) is 5.16 Å². The van der Waals surface area contributed by atoms with Gasteiger partial charge in [0.2, 0.25) is 0 Å². The van der Waals surface area contributed by atoms with Gasteiger partial charge in [-0.3, -0.25) is 0 Å². The topological polar surface area (TPSA) is 85.3 Å². The lowest BCUT2D eigenvalue weighted by molar-refractivity contribution is 0.0467. The molecule has 154 valence electrons. The number of carbonyl (C=O) groups is 1. The number of carbonyl (C=O) groups excluding carboxylic acids is 1. The lowest BCUT2D eigenvalue weighted by atomic mass is 10.1. The molecule has 0 fully saturated rings. The van der Waals surface area contributed by atoms with Gasteiger partial charge < -0.3 is 14.0 Å². The largest absolute Gasteiger partial charge is 0.488 e. The van der Waals surface area contributed by atoms with Crippen molar-refractivity contribution < 1.29 is 18.8 Å². The average Bonchev–Trinajstić information content (AvgIpc) is 3.12. The fourth-order valence-corrected chi connectivity index (χ4v) is 3.33. The van der Waals surface area contributed by atoms with Crippen LogP contribution in [0.4, 0.5) is 0 Å². The number of rotatable bonds is 6. The molecule has 1 heterocycles. The maximum absolute atomic E-state index is 13.0. The number of fused-ring (bicyclic) bond motifs is 1. The van der Waals surface area contributed by atoms with Crippen LogP contribution in [0.3, 0.4) is 0 Å². The smallest absolute Gasteiger partial charge is 0.342 e. The Balaban J connectivity index is 1.62. The van der Waals surface area contributed by atoms with E-state index in [1.165, 1.54) is 0 Å². The first-order chi connectivity index (χ1) is 15.1. The summed E-state index contributed by atoms with van der Waals surface area (Å²) in [5, 5.41) is 15.0. The van der Waals surface area contributed by atoms with Gasteiger partial charge in [-0.05, 0) is 42.8 Å². The Morgan fingerprint density at radius 2 is 1.74 bits per heavy atom. The molecular formula is C25H20N2O4. The second kappa shape index (κ2) is 8.72. The number of benzene rings is 3. The Hall–Kier alpha value is -4.11. The zero-order valence-electron chi connectivity index (χ0n) is 17.2. The Labute approximate surface area is 179 Å². The molecule has 0 aliphatic carbocycles. The highest BCUT2D eigenvalue weighted by molar-refractivity contribution is 5.98. The van der Waals surface area contributed by atoms with Crippen molar-refractivity contribution >= 4 is 16.7 Å². The summed E-state index contributed by atoms with van der Waals surface area (Å²) in [5.41, 5.74) is 3.03. The number of aromatic nitrogens is 1. The van der Waals surface area contributed by atoms with Crippen molar-refractivity contribution in [2.45, 2.75) is 27.1 Å². The minimum Gasteiger partial charge on any atom is -0.488 e. The number of ether oxygens (including phenoxy) is 2. The quantitative estimate of drug-likeness (QED) is 0.402. The van der Waals surface area contributed by atoms with Gasteiger partial charge in [-0.1, -0.05) is 47.6 Å². The maximum Gasteiger partial charge on any atom is 0.342 e. The molecule has 4 rings (SSSR count). The molecule has 0 radical (unpaired) electrons. The van der Waals surface area contributed by atoms with Crippen LogP contribution >= 0.6 is 0 Å². The summed E-state index contributed by atoms with van der Waals surface area (Å²) in [6.45, 7) is 3.88. The molecule has 0 saturated heterocycles. The van der Waals surface area contributed by atoms with Gasteiger partial charge in [-0.2, -0.15) is 5.26 Å². The number of aryl methyl sites for hydroxylation is 2. The minimum absolute atomic E-state index is 0.00129. The zero-order valence-corrected chi connectivity index (χ0v) is 17.2. The van der Waals surface area contributed by atoms with Gasteiger partial charge in [0.05, 0.1) is 22.9 Å². The van der Waals surface area contributed by atoms with E-state index in [-0.39, 0.29) is 13.2 Å². The van der Waals surface area contributed by atoms with Crippen molar-refractivity contribution in [3.8, 4) is 11.8 Å². The molecule has 0 N–H and O–H groups in total. The van der Waals surface area contributed by atoms with Gasteiger partial charge >= 0.3 is 5.97 Å². The molecule has 0 atom stereocenters. The van der Waals surface area contributed by atoms with E-state index in [9.17, 15) is 10.1 Å². The van der Waals surface area contributed by atoms with Crippen LogP contribution in [0.2, 0.25) is 0 Å². The number of nitriles is 1. The molecule has 3 aromatic carbocycles. The molecule has 0 aliphatic rings. The SMILES string of the molecule is Cc1noc(C)c1COc1cc2ccccc2cc1C(=O)OCc1ccccc1C#N. The predicted octanol–water partition coefficient (Wildman–Crippen LogP) is 5.25. The van der Waals surface area contributed by atoms with E-state index in [1.807, 2.05) is 44.2 Å². The molecular weight excluding hydrogens is 392 g/mol. The molecule has 0 unspecified atom stereocenters. The van der Waals surface area contributed by atoms with E-state index in [0.717, 1.165) is 22.0 Å². The van der Waals surface area contributed by atoms with Crippen LogP contribution < -0.4 is 4.74 Å². The summed E-state index contributed by atoms with van der Waals surface area (Å²) in [5.74, 6) is 0.569. The lowest BCUT2D eigenvalue weighted by Gasteiger charge is -2.13. The van der Waals surface area contributed by atoms with Gasteiger partial charge in [0.1, 0.15) is 30.3 Å². The Bertz CT molecular complexity index is 1280. The highest BCUT2D eigenvalue weighted by Crippen LogP contribution is 2.29. The van der Waals surface area contributed by atoms with Crippen molar-refractivity contribution in [2.75, 3.05) is 0 Å². The summed E-state index contributed by atoms with van der Waals surface area (Å²) >= 11 is 0. The van der Waals surface area contributed by atoms with Gasteiger partial charge in [-0.25, -0.2) is 4.79 Å². The third-order valence-corrected chi connectivity index (χ3v) is 5.12. The first kappa shape index (κ1) is 20.2. The molecule has 0 bridgehead atoms. The molecule has 6 heteroatoms. The van der Waals surface area contributed by atoms with Gasteiger partial charge in [0.15, 0.2) is 0 Å². The molecule has 4 aromatic rings. The van der Waals surface area contributed by atoms with Crippen LogP contribution in [0.1, 0.15) is 38.5 Å². The summed E-state index contributed by atoms with van der Waals surface area (Å²) in [4.78, 5) is 13.0. The van der Waals surface area contributed by atoms with Crippen LogP contribution in [-0.2, 0) is 18.0 Å². The monoisotopic (exact) mass is 412 g/mol. The molecule has 0 spiro atoms. The summed E-state index contributed by atoms with van der Waals surface area (Å²) < 4.78 is 16.7. The predicted molar refractivity (Wildman–Crippen MR) is 115 cm³/mol. The molecule has 31 heavy (non-hydrogen) atoms. The number of hydrogen-bond donors (Lipinski definition) is 0. The van der Waals surface area contributed by atoms with Crippen LogP contribution in [0.25, 0.3) is 10.8 Å². The number of nitrogens with zero attached hydrogens (tertiary/aromatic N) is 2. The first-order valence-electron chi connectivity index (χ1n) is 9.79.